The van der Waals surface area contributed by atoms with E-state index >= 15 is 0 Å². The molecule has 15 heavy (non-hydrogen) atoms. The minimum Gasteiger partial charge on any atom is -0.508 e. The van der Waals surface area contributed by atoms with E-state index in [9.17, 15) is 5.11 Å². The number of rotatable bonds is 0. The van der Waals surface area contributed by atoms with Crippen LogP contribution in [-0.4, -0.2) is 27.7 Å². The van der Waals surface area contributed by atoms with Crippen LogP contribution in [0.25, 0.3) is 0 Å². The quantitative estimate of drug-likeness (QED) is 0.250. The average molecular weight is 207 g/mol. The van der Waals surface area contributed by atoms with Gasteiger partial charge in [0, 0.05) is 13.1 Å². The minimum atomic E-state index is 0.133. The molecule has 0 atom stereocenters. The molecule has 0 aromatic heterocycles. The second kappa shape index (κ2) is 3.68. The lowest BCUT2D eigenvalue weighted by molar-refractivity contribution is 0.292. The van der Waals surface area contributed by atoms with E-state index in [0.717, 1.165) is 17.5 Å². The molecule has 1 heterocycles. The second-order valence-electron chi connectivity index (χ2n) is 3.58. The topological polar surface area (TPSA) is 82.1 Å². The van der Waals surface area contributed by atoms with Crippen molar-refractivity contribution in [3.8, 4) is 5.75 Å². The third kappa shape index (κ3) is 1.81. The molecule has 1 aromatic carbocycles. The molecule has 0 fully saturated rings. The summed E-state index contributed by atoms with van der Waals surface area (Å²) in [6, 6.07) is 5.27. The summed E-state index contributed by atoms with van der Waals surface area (Å²) in [6.07, 6.45) is 0.792. The minimum absolute atomic E-state index is 0.133. The first kappa shape index (κ1) is 9.64. The van der Waals surface area contributed by atoms with Crippen LogP contribution in [-0.2, 0) is 13.0 Å². The maximum Gasteiger partial charge on any atom is 0.233 e. The summed E-state index contributed by atoms with van der Waals surface area (Å²) in [7, 11) is 0. The fraction of sp³-hybridized carbons (Fsp3) is 0.300. The third-order valence-electron chi connectivity index (χ3n) is 2.63. The molecule has 2 rings (SSSR count). The van der Waals surface area contributed by atoms with Crippen LogP contribution in [0.5, 0.6) is 5.75 Å². The first-order valence-electron chi connectivity index (χ1n) is 4.74. The van der Waals surface area contributed by atoms with Crippen molar-refractivity contribution >= 4 is 5.96 Å². The molecule has 0 radical (unpaired) electrons. The van der Waals surface area contributed by atoms with Crippen LogP contribution in [0, 0.1) is 0 Å². The molecular weight excluding hydrogens is 194 g/mol. The number of phenolic OH excluding ortho intramolecular Hbond substituents is 1. The highest BCUT2D eigenvalue weighted by atomic mass is 16.4. The van der Waals surface area contributed by atoms with Crippen molar-refractivity contribution in [3.63, 3.8) is 0 Å². The SMILES string of the molecule is N/C(=N\O)N1CCc2cc(O)ccc2C1. The lowest BCUT2D eigenvalue weighted by atomic mass is 10.00. The number of aromatic hydroxyl groups is 1. The van der Waals surface area contributed by atoms with Crippen molar-refractivity contribution in [2.75, 3.05) is 6.54 Å². The van der Waals surface area contributed by atoms with E-state index in [0.29, 0.717) is 13.1 Å². The van der Waals surface area contributed by atoms with Crippen LogP contribution in [0.4, 0.5) is 0 Å². The predicted octanol–water partition coefficient (Wildman–Crippen LogP) is 0.454. The maximum atomic E-state index is 9.31. The number of nitrogens with zero attached hydrogens (tertiary/aromatic N) is 2. The lowest BCUT2D eigenvalue weighted by Gasteiger charge is -2.28. The van der Waals surface area contributed by atoms with Gasteiger partial charge in [-0.3, -0.25) is 0 Å². The molecule has 1 aromatic rings. The molecule has 1 aliphatic rings. The number of guanidine groups is 1. The summed E-state index contributed by atoms with van der Waals surface area (Å²) in [5.41, 5.74) is 7.74. The number of hydrogen-bond acceptors (Lipinski definition) is 3. The van der Waals surface area contributed by atoms with Gasteiger partial charge in [0.05, 0.1) is 0 Å². The molecule has 0 spiro atoms. The van der Waals surface area contributed by atoms with Crippen molar-refractivity contribution in [1.29, 1.82) is 0 Å². The van der Waals surface area contributed by atoms with Gasteiger partial charge in [0.25, 0.3) is 0 Å². The van der Waals surface area contributed by atoms with Gasteiger partial charge in [-0.25, -0.2) is 0 Å². The Labute approximate surface area is 87.4 Å². The monoisotopic (exact) mass is 207 g/mol. The Balaban J connectivity index is 2.24. The van der Waals surface area contributed by atoms with Crippen molar-refractivity contribution < 1.29 is 10.3 Å². The molecule has 1 aliphatic heterocycles. The van der Waals surface area contributed by atoms with Crippen molar-refractivity contribution in [3.05, 3.63) is 29.3 Å². The molecule has 5 nitrogen and oxygen atoms in total. The predicted molar refractivity (Wildman–Crippen MR) is 55.6 cm³/mol. The Bertz CT molecular complexity index is 404. The fourth-order valence-electron chi connectivity index (χ4n) is 1.80. The summed E-state index contributed by atoms with van der Waals surface area (Å²) >= 11 is 0. The first-order valence-corrected chi connectivity index (χ1v) is 4.74. The van der Waals surface area contributed by atoms with E-state index in [1.54, 1.807) is 17.0 Å². The number of nitrogens with two attached hydrogens (primary N) is 1. The summed E-state index contributed by atoms with van der Waals surface area (Å²) in [6.45, 7) is 1.32. The maximum absolute atomic E-state index is 9.31. The highest BCUT2D eigenvalue weighted by Crippen LogP contribution is 2.22. The van der Waals surface area contributed by atoms with Crippen LogP contribution >= 0.6 is 0 Å². The molecule has 5 heteroatoms. The van der Waals surface area contributed by atoms with Gasteiger partial charge in [-0.2, -0.15) is 0 Å². The number of fused-ring (bicyclic) bond motifs is 1. The summed E-state index contributed by atoms with van der Waals surface area (Å²) in [5.74, 6) is 0.416. The molecule has 0 saturated carbocycles. The Kier molecular flexibility index (Phi) is 2.37. The molecule has 0 bridgehead atoms. The highest BCUT2D eigenvalue weighted by Gasteiger charge is 2.17. The molecular formula is C10H13N3O2. The zero-order valence-corrected chi connectivity index (χ0v) is 8.22. The highest BCUT2D eigenvalue weighted by molar-refractivity contribution is 5.77. The number of hydrogen-bond donors (Lipinski definition) is 3. The Hall–Kier alpha value is -1.91. The van der Waals surface area contributed by atoms with Gasteiger partial charge in [-0.15, -0.1) is 0 Å². The van der Waals surface area contributed by atoms with E-state index in [2.05, 4.69) is 5.16 Å². The van der Waals surface area contributed by atoms with Gasteiger partial charge in [-0.1, -0.05) is 11.2 Å². The van der Waals surface area contributed by atoms with Gasteiger partial charge < -0.3 is 20.9 Å². The molecule has 0 aliphatic carbocycles. The number of phenols is 1. The van der Waals surface area contributed by atoms with Gasteiger partial charge in [0.15, 0.2) is 0 Å². The van der Waals surface area contributed by atoms with E-state index in [4.69, 9.17) is 10.9 Å². The molecule has 0 amide bonds. The van der Waals surface area contributed by atoms with Crippen molar-refractivity contribution in [1.82, 2.24) is 4.90 Å². The first-order chi connectivity index (χ1) is 7.20. The smallest absolute Gasteiger partial charge is 0.233 e. The molecule has 0 saturated heterocycles. The second-order valence-corrected chi connectivity index (χ2v) is 3.58. The van der Waals surface area contributed by atoms with Gasteiger partial charge in [0.1, 0.15) is 5.75 Å². The Morgan fingerprint density at radius 2 is 2.20 bits per heavy atom. The lowest BCUT2D eigenvalue weighted by Crippen LogP contribution is -2.40. The summed E-state index contributed by atoms with van der Waals surface area (Å²) < 4.78 is 0. The summed E-state index contributed by atoms with van der Waals surface area (Å²) in [5, 5.41) is 20.8. The molecule has 0 unspecified atom stereocenters. The van der Waals surface area contributed by atoms with E-state index < -0.39 is 0 Å². The van der Waals surface area contributed by atoms with Crippen LogP contribution < -0.4 is 5.73 Å². The van der Waals surface area contributed by atoms with E-state index in [-0.39, 0.29) is 11.7 Å². The van der Waals surface area contributed by atoms with E-state index in [1.807, 2.05) is 6.07 Å². The number of oxime groups is 1. The van der Waals surface area contributed by atoms with Crippen molar-refractivity contribution in [2.24, 2.45) is 10.9 Å². The van der Waals surface area contributed by atoms with Crippen molar-refractivity contribution in [2.45, 2.75) is 13.0 Å². The van der Waals surface area contributed by atoms with Gasteiger partial charge in [0.2, 0.25) is 5.96 Å². The van der Waals surface area contributed by atoms with Gasteiger partial charge in [-0.05, 0) is 29.7 Å². The standard InChI is InChI=1S/C10H13N3O2/c11-10(12-15)13-4-3-7-5-9(14)2-1-8(7)6-13/h1-2,5,14-15H,3-4,6H2,(H2,11,12). The molecule has 80 valence electrons. The summed E-state index contributed by atoms with van der Waals surface area (Å²) in [4.78, 5) is 1.79. The number of benzene rings is 1. The zero-order chi connectivity index (χ0) is 10.8. The van der Waals surface area contributed by atoms with Crippen LogP contribution in [0.3, 0.4) is 0 Å². The van der Waals surface area contributed by atoms with Gasteiger partial charge >= 0.3 is 0 Å². The zero-order valence-electron chi connectivity index (χ0n) is 8.22. The van der Waals surface area contributed by atoms with E-state index in [1.165, 1.54) is 0 Å². The van der Waals surface area contributed by atoms with Crippen LogP contribution in [0.2, 0.25) is 0 Å². The fourth-order valence-corrected chi connectivity index (χ4v) is 1.80. The van der Waals surface area contributed by atoms with Crippen LogP contribution in [0.1, 0.15) is 11.1 Å². The molecule has 4 N–H and O–H groups in total. The Morgan fingerprint density at radius 1 is 1.40 bits per heavy atom. The Morgan fingerprint density at radius 3 is 2.93 bits per heavy atom. The normalized spacial score (nSPS) is 16.3. The largest absolute Gasteiger partial charge is 0.508 e. The third-order valence-corrected chi connectivity index (χ3v) is 2.63. The average Bonchev–Trinajstić information content (AvgIpc) is 2.27. The van der Waals surface area contributed by atoms with Crippen LogP contribution in [0.15, 0.2) is 23.4 Å².